The average molecular weight is 206 g/mol. The molecule has 0 bridgehead atoms. The van der Waals surface area contributed by atoms with Gasteiger partial charge < -0.3 is 9.67 Å². The minimum atomic E-state index is -0.318. The summed E-state index contributed by atoms with van der Waals surface area (Å²) in [4.78, 5) is 4.13. The molecule has 0 radical (unpaired) electrons. The highest BCUT2D eigenvalue weighted by atomic mass is 19.1. The van der Waals surface area contributed by atoms with E-state index >= 15 is 0 Å². The fourth-order valence-corrected chi connectivity index (χ4v) is 1.98. The number of nitrogens with zero attached hydrogens (tertiary/aromatic N) is 2. The maximum Gasteiger partial charge on any atom is 0.151 e. The number of hydrogen-bond donors (Lipinski definition) is 1. The van der Waals surface area contributed by atoms with Crippen LogP contribution in [0.3, 0.4) is 0 Å². The van der Waals surface area contributed by atoms with Gasteiger partial charge in [0.2, 0.25) is 0 Å². The average Bonchev–Trinajstić information content (AvgIpc) is 3.00. The van der Waals surface area contributed by atoms with Gasteiger partial charge in [0.25, 0.3) is 0 Å². The monoisotopic (exact) mass is 206 g/mol. The number of aromatic nitrogens is 2. The standard InChI is InChI=1S/C11H11FN2O/c12-8-2-1-3-9-11(8)13-10(6-15)14(9)7-4-5-7/h1-3,7,15H,4-6H2. The molecule has 0 saturated heterocycles. The third kappa shape index (κ3) is 1.25. The van der Waals surface area contributed by atoms with E-state index in [2.05, 4.69) is 4.98 Å². The summed E-state index contributed by atoms with van der Waals surface area (Å²) in [6.45, 7) is -0.134. The number of imidazole rings is 1. The maximum absolute atomic E-state index is 13.4. The van der Waals surface area contributed by atoms with Crippen molar-refractivity contribution in [3.05, 3.63) is 29.8 Å². The minimum Gasteiger partial charge on any atom is -0.388 e. The minimum absolute atomic E-state index is 0.134. The van der Waals surface area contributed by atoms with Crippen LogP contribution in [0.1, 0.15) is 24.7 Å². The van der Waals surface area contributed by atoms with E-state index < -0.39 is 0 Å². The molecule has 0 unspecified atom stereocenters. The van der Waals surface area contributed by atoms with Crippen LogP contribution in [-0.4, -0.2) is 14.7 Å². The molecule has 0 amide bonds. The summed E-state index contributed by atoms with van der Waals surface area (Å²) in [6, 6.07) is 5.33. The number of para-hydroxylation sites is 1. The van der Waals surface area contributed by atoms with Crippen LogP contribution in [0.15, 0.2) is 18.2 Å². The zero-order chi connectivity index (χ0) is 10.4. The van der Waals surface area contributed by atoms with Crippen molar-refractivity contribution in [2.24, 2.45) is 0 Å². The van der Waals surface area contributed by atoms with E-state index in [1.807, 2.05) is 10.6 Å². The van der Waals surface area contributed by atoms with Crippen LogP contribution in [0.4, 0.5) is 4.39 Å². The number of aliphatic hydroxyl groups excluding tert-OH is 1. The van der Waals surface area contributed by atoms with Crippen molar-refractivity contribution in [3.8, 4) is 0 Å². The fourth-order valence-electron chi connectivity index (χ4n) is 1.98. The highest BCUT2D eigenvalue weighted by molar-refractivity contribution is 5.77. The molecule has 78 valence electrons. The Balaban J connectivity index is 2.33. The molecule has 0 aliphatic heterocycles. The van der Waals surface area contributed by atoms with Crippen LogP contribution in [-0.2, 0) is 6.61 Å². The van der Waals surface area contributed by atoms with Crippen molar-refractivity contribution in [2.45, 2.75) is 25.5 Å². The lowest BCUT2D eigenvalue weighted by molar-refractivity contribution is 0.266. The van der Waals surface area contributed by atoms with Gasteiger partial charge in [-0.05, 0) is 25.0 Å². The van der Waals surface area contributed by atoms with E-state index in [0.29, 0.717) is 17.4 Å². The number of aliphatic hydroxyl groups is 1. The highest BCUT2D eigenvalue weighted by Gasteiger charge is 2.28. The zero-order valence-electron chi connectivity index (χ0n) is 8.15. The first-order valence-corrected chi connectivity index (χ1v) is 5.07. The van der Waals surface area contributed by atoms with Crippen LogP contribution >= 0.6 is 0 Å². The van der Waals surface area contributed by atoms with E-state index in [4.69, 9.17) is 0 Å². The van der Waals surface area contributed by atoms with Crippen molar-refractivity contribution in [3.63, 3.8) is 0 Å². The molecule has 1 fully saturated rings. The maximum atomic E-state index is 13.4. The topological polar surface area (TPSA) is 38.1 Å². The fraction of sp³-hybridized carbons (Fsp3) is 0.364. The third-order valence-corrected chi connectivity index (χ3v) is 2.80. The Bertz CT molecular complexity index is 517. The molecule has 1 aliphatic rings. The summed E-state index contributed by atoms with van der Waals surface area (Å²) < 4.78 is 15.4. The first kappa shape index (κ1) is 8.85. The van der Waals surface area contributed by atoms with Gasteiger partial charge in [-0.3, -0.25) is 0 Å². The summed E-state index contributed by atoms with van der Waals surface area (Å²) in [6.07, 6.45) is 2.18. The first-order chi connectivity index (χ1) is 7.31. The Morgan fingerprint density at radius 1 is 1.47 bits per heavy atom. The predicted octanol–water partition coefficient (Wildman–Crippen LogP) is 2.00. The van der Waals surface area contributed by atoms with Crippen molar-refractivity contribution < 1.29 is 9.50 Å². The van der Waals surface area contributed by atoms with E-state index in [1.54, 1.807) is 6.07 Å². The van der Waals surface area contributed by atoms with Gasteiger partial charge in [0.15, 0.2) is 5.82 Å². The van der Waals surface area contributed by atoms with Crippen LogP contribution in [0.5, 0.6) is 0 Å². The Labute approximate surface area is 86.2 Å². The molecule has 3 rings (SSSR count). The first-order valence-electron chi connectivity index (χ1n) is 5.07. The van der Waals surface area contributed by atoms with E-state index in [0.717, 1.165) is 18.4 Å². The molecule has 1 aromatic carbocycles. The number of rotatable bonds is 2. The van der Waals surface area contributed by atoms with Gasteiger partial charge in [-0.2, -0.15) is 0 Å². The van der Waals surface area contributed by atoms with Gasteiger partial charge >= 0.3 is 0 Å². The lowest BCUT2D eigenvalue weighted by atomic mass is 10.3. The van der Waals surface area contributed by atoms with E-state index in [9.17, 15) is 9.50 Å². The van der Waals surface area contributed by atoms with Gasteiger partial charge in [0, 0.05) is 6.04 Å². The second-order valence-electron chi connectivity index (χ2n) is 3.89. The molecule has 4 heteroatoms. The Morgan fingerprint density at radius 3 is 2.93 bits per heavy atom. The molecule has 3 nitrogen and oxygen atoms in total. The predicted molar refractivity (Wildman–Crippen MR) is 53.9 cm³/mol. The highest BCUT2D eigenvalue weighted by Crippen LogP contribution is 2.38. The molecule has 1 aromatic heterocycles. The summed E-state index contributed by atoms with van der Waals surface area (Å²) in [5.74, 6) is 0.249. The Morgan fingerprint density at radius 2 is 2.27 bits per heavy atom. The van der Waals surface area contributed by atoms with Gasteiger partial charge in [0.1, 0.15) is 17.9 Å². The molecular weight excluding hydrogens is 195 g/mol. The molecule has 2 aromatic rings. The van der Waals surface area contributed by atoms with Crippen molar-refractivity contribution in [2.75, 3.05) is 0 Å². The molecule has 0 spiro atoms. The molecule has 1 saturated carbocycles. The summed E-state index contributed by atoms with van der Waals surface area (Å²) in [7, 11) is 0. The van der Waals surface area contributed by atoms with E-state index in [-0.39, 0.29) is 12.4 Å². The second-order valence-corrected chi connectivity index (χ2v) is 3.89. The third-order valence-electron chi connectivity index (χ3n) is 2.80. The SMILES string of the molecule is OCc1nc2c(F)cccc2n1C1CC1. The van der Waals surface area contributed by atoms with Crippen molar-refractivity contribution >= 4 is 11.0 Å². The molecule has 1 heterocycles. The Hall–Kier alpha value is -1.42. The van der Waals surface area contributed by atoms with Gasteiger partial charge in [-0.15, -0.1) is 0 Å². The summed E-state index contributed by atoms with van der Waals surface area (Å²) >= 11 is 0. The number of benzene rings is 1. The second kappa shape index (κ2) is 3.03. The van der Waals surface area contributed by atoms with E-state index in [1.165, 1.54) is 6.07 Å². The largest absolute Gasteiger partial charge is 0.388 e. The number of halogens is 1. The smallest absolute Gasteiger partial charge is 0.151 e. The Kier molecular flexibility index (Phi) is 1.79. The molecule has 1 N–H and O–H groups in total. The molecule has 0 atom stereocenters. The van der Waals surface area contributed by atoms with Crippen LogP contribution < -0.4 is 0 Å². The van der Waals surface area contributed by atoms with Gasteiger partial charge in [-0.1, -0.05) is 6.07 Å². The van der Waals surface area contributed by atoms with Crippen molar-refractivity contribution in [1.82, 2.24) is 9.55 Å². The van der Waals surface area contributed by atoms with Gasteiger partial charge in [0.05, 0.1) is 5.52 Å². The molecule has 15 heavy (non-hydrogen) atoms. The number of fused-ring (bicyclic) bond motifs is 1. The normalized spacial score (nSPS) is 16.1. The number of hydrogen-bond acceptors (Lipinski definition) is 2. The quantitative estimate of drug-likeness (QED) is 0.816. The zero-order valence-corrected chi connectivity index (χ0v) is 8.15. The van der Waals surface area contributed by atoms with Crippen LogP contribution in [0, 0.1) is 5.82 Å². The molecule has 1 aliphatic carbocycles. The summed E-state index contributed by atoms with van der Waals surface area (Å²) in [5, 5.41) is 9.18. The lowest BCUT2D eigenvalue weighted by Crippen LogP contribution is -2.00. The summed E-state index contributed by atoms with van der Waals surface area (Å²) in [5.41, 5.74) is 1.16. The van der Waals surface area contributed by atoms with Crippen molar-refractivity contribution in [1.29, 1.82) is 0 Å². The van der Waals surface area contributed by atoms with Crippen LogP contribution in [0.2, 0.25) is 0 Å². The van der Waals surface area contributed by atoms with Crippen LogP contribution in [0.25, 0.3) is 11.0 Å². The van der Waals surface area contributed by atoms with Gasteiger partial charge in [-0.25, -0.2) is 9.37 Å². The lowest BCUT2D eigenvalue weighted by Gasteiger charge is -2.04. The molecular formula is C11H11FN2O.